The van der Waals surface area contributed by atoms with E-state index in [1.807, 2.05) is 0 Å². The topological polar surface area (TPSA) is 54.0 Å². The van der Waals surface area contributed by atoms with Crippen LogP contribution in [0.15, 0.2) is 49.2 Å². The second-order valence-corrected chi connectivity index (χ2v) is 4.15. The van der Waals surface area contributed by atoms with Crippen molar-refractivity contribution in [2.24, 2.45) is 0 Å². The molecule has 0 fully saturated rings. The van der Waals surface area contributed by atoms with Gasteiger partial charge in [0.25, 0.3) is 5.91 Å². The van der Waals surface area contributed by atoms with Crippen molar-refractivity contribution in [2.75, 3.05) is 17.2 Å². The van der Waals surface area contributed by atoms with E-state index in [0.29, 0.717) is 12.2 Å². The van der Waals surface area contributed by atoms with E-state index in [9.17, 15) is 13.6 Å². The van der Waals surface area contributed by atoms with Gasteiger partial charge in [-0.1, -0.05) is 12.1 Å². The molecule has 2 N–H and O–H groups in total. The molecule has 0 unspecified atom stereocenters. The maximum Gasteiger partial charge on any atom is 0.274 e. The Morgan fingerprint density at radius 3 is 2.67 bits per heavy atom. The minimum atomic E-state index is -0.843. The van der Waals surface area contributed by atoms with Crippen LogP contribution >= 0.6 is 0 Å². The highest BCUT2D eigenvalue weighted by molar-refractivity contribution is 6.03. The van der Waals surface area contributed by atoms with E-state index in [1.165, 1.54) is 18.3 Å². The number of benzene rings is 1. The van der Waals surface area contributed by atoms with E-state index in [0.717, 1.165) is 12.1 Å². The zero-order valence-corrected chi connectivity index (χ0v) is 11.1. The number of amides is 1. The monoisotopic (exact) mass is 289 g/mol. The summed E-state index contributed by atoms with van der Waals surface area (Å²) < 4.78 is 26.9. The number of halogens is 2. The quantitative estimate of drug-likeness (QED) is 0.831. The average Bonchev–Trinajstić information content (AvgIpc) is 2.49. The first-order valence-corrected chi connectivity index (χ1v) is 6.18. The first kappa shape index (κ1) is 14.6. The van der Waals surface area contributed by atoms with Crippen LogP contribution in [-0.2, 0) is 0 Å². The van der Waals surface area contributed by atoms with Gasteiger partial charge in [-0.2, -0.15) is 0 Å². The van der Waals surface area contributed by atoms with E-state index >= 15 is 0 Å². The maximum atomic E-state index is 13.5. The minimum Gasteiger partial charge on any atom is -0.381 e. The minimum absolute atomic E-state index is 0.0479. The SMILES string of the molecule is C=CCNc1ccnc(C(=O)Nc2c(F)cccc2F)c1. The van der Waals surface area contributed by atoms with Crippen LogP contribution in [0.3, 0.4) is 0 Å². The standard InChI is InChI=1S/C15H13F2N3O/c1-2-7-18-10-6-8-19-13(9-10)15(21)20-14-11(16)4-3-5-12(14)17/h2-6,8-9H,1,7H2,(H,18,19)(H,20,21). The molecule has 21 heavy (non-hydrogen) atoms. The molecule has 0 spiro atoms. The lowest BCUT2D eigenvalue weighted by Crippen LogP contribution is -2.16. The molecule has 0 atom stereocenters. The van der Waals surface area contributed by atoms with E-state index in [-0.39, 0.29) is 5.69 Å². The number of rotatable bonds is 5. The summed E-state index contributed by atoms with van der Waals surface area (Å²) in [7, 11) is 0. The Morgan fingerprint density at radius 2 is 2.00 bits per heavy atom. The average molecular weight is 289 g/mol. The Bertz CT molecular complexity index is 653. The van der Waals surface area contributed by atoms with E-state index in [2.05, 4.69) is 22.2 Å². The van der Waals surface area contributed by atoms with Crippen LogP contribution in [0.2, 0.25) is 0 Å². The van der Waals surface area contributed by atoms with Crippen LogP contribution in [0.4, 0.5) is 20.2 Å². The van der Waals surface area contributed by atoms with Crippen molar-refractivity contribution in [1.82, 2.24) is 4.98 Å². The zero-order chi connectivity index (χ0) is 15.2. The summed E-state index contributed by atoms with van der Waals surface area (Å²) in [6.45, 7) is 4.09. The van der Waals surface area contributed by atoms with Gasteiger partial charge in [-0.3, -0.25) is 9.78 Å². The van der Waals surface area contributed by atoms with Crippen LogP contribution in [0.1, 0.15) is 10.5 Å². The Hall–Kier alpha value is -2.76. The van der Waals surface area contributed by atoms with Crippen molar-refractivity contribution in [3.8, 4) is 0 Å². The molecule has 1 aromatic carbocycles. The lowest BCUT2D eigenvalue weighted by molar-refractivity contribution is 0.102. The van der Waals surface area contributed by atoms with Gasteiger partial charge in [0, 0.05) is 18.4 Å². The predicted molar refractivity (Wildman–Crippen MR) is 77.2 cm³/mol. The number of anilines is 2. The van der Waals surface area contributed by atoms with Crippen LogP contribution in [0.25, 0.3) is 0 Å². The number of nitrogens with zero attached hydrogens (tertiary/aromatic N) is 1. The van der Waals surface area contributed by atoms with Crippen LogP contribution in [0, 0.1) is 11.6 Å². The molecule has 1 aromatic heterocycles. The van der Waals surface area contributed by atoms with Gasteiger partial charge in [0.15, 0.2) is 0 Å². The van der Waals surface area contributed by atoms with Crippen LogP contribution in [0.5, 0.6) is 0 Å². The summed E-state index contributed by atoms with van der Waals surface area (Å²) in [6, 6.07) is 6.50. The number of nitrogens with one attached hydrogen (secondary N) is 2. The fraction of sp³-hybridized carbons (Fsp3) is 0.0667. The summed E-state index contributed by atoms with van der Waals surface area (Å²) in [4.78, 5) is 15.9. The number of para-hydroxylation sites is 1. The molecule has 1 amide bonds. The molecule has 0 radical (unpaired) electrons. The van der Waals surface area contributed by atoms with Gasteiger partial charge in [-0.15, -0.1) is 6.58 Å². The molecule has 4 nitrogen and oxygen atoms in total. The molecular weight excluding hydrogens is 276 g/mol. The van der Waals surface area contributed by atoms with Crippen LogP contribution in [-0.4, -0.2) is 17.4 Å². The van der Waals surface area contributed by atoms with E-state index in [1.54, 1.807) is 12.1 Å². The van der Waals surface area contributed by atoms with E-state index in [4.69, 9.17) is 0 Å². The molecule has 0 saturated heterocycles. The predicted octanol–water partition coefficient (Wildman–Crippen LogP) is 3.21. The fourth-order valence-electron chi connectivity index (χ4n) is 1.65. The van der Waals surface area contributed by atoms with Crippen molar-refractivity contribution in [3.63, 3.8) is 0 Å². The Labute approximate surface area is 120 Å². The largest absolute Gasteiger partial charge is 0.381 e. The second-order valence-electron chi connectivity index (χ2n) is 4.15. The van der Waals surface area contributed by atoms with Crippen molar-refractivity contribution < 1.29 is 13.6 Å². The number of pyridine rings is 1. The normalized spacial score (nSPS) is 10.0. The third-order valence-electron chi connectivity index (χ3n) is 2.64. The highest BCUT2D eigenvalue weighted by atomic mass is 19.1. The summed E-state index contributed by atoms with van der Waals surface area (Å²) >= 11 is 0. The van der Waals surface area contributed by atoms with Crippen LogP contribution < -0.4 is 10.6 Å². The van der Waals surface area contributed by atoms with Crippen molar-refractivity contribution >= 4 is 17.3 Å². The van der Waals surface area contributed by atoms with Gasteiger partial charge >= 0.3 is 0 Å². The molecule has 108 valence electrons. The van der Waals surface area contributed by atoms with Gasteiger partial charge in [0.1, 0.15) is 23.0 Å². The van der Waals surface area contributed by atoms with Crippen molar-refractivity contribution in [2.45, 2.75) is 0 Å². The number of carbonyl (C=O) groups is 1. The first-order valence-electron chi connectivity index (χ1n) is 6.18. The highest BCUT2D eigenvalue weighted by Gasteiger charge is 2.14. The van der Waals surface area contributed by atoms with Gasteiger partial charge in [0.2, 0.25) is 0 Å². The smallest absolute Gasteiger partial charge is 0.274 e. The Kier molecular flexibility index (Phi) is 4.61. The number of carbonyl (C=O) groups excluding carboxylic acids is 1. The fourth-order valence-corrected chi connectivity index (χ4v) is 1.65. The molecule has 0 aliphatic rings. The second kappa shape index (κ2) is 6.60. The summed E-state index contributed by atoms with van der Waals surface area (Å²) in [5, 5.41) is 5.17. The van der Waals surface area contributed by atoms with Gasteiger partial charge in [0.05, 0.1) is 0 Å². The Morgan fingerprint density at radius 1 is 1.29 bits per heavy atom. The number of aromatic nitrogens is 1. The maximum absolute atomic E-state index is 13.5. The molecule has 6 heteroatoms. The summed E-state index contributed by atoms with van der Waals surface area (Å²) in [5.41, 5.74) is 0.213. The number of hydrogen-bond donors (Lipinski definition) is 2. The number of hydrogen-bond acceptors (Lipinski definition) is 3. The first-order chi connectivity index (χ1) is 10.1. The van der Waals surface area contributed by atoms with Gasteiger partial charge < -0.3 is 10.6 Å². The molecule has 0 aliphatic heterocycles. The van der Waals surface area contributed by atoms with Crippen molar-refractivity contribution in [1.29, 1.82) is 0 Å². The third-order valence-corrected chi connectivity index (χ3v) is 2.64. The van der Waals surface area contributed by atoms with E-state index < -0.39 is 23.2 Å². The lowest BCUT2D eigenvalue weighted by atomic mass is 10.2. The molecular formula is C15H13F2N3O. The molecule has 0 saturated carbocycles. The lowest BCUT2D eigenvalue weighted by Gasteiger charge is -2.08. The highest BCUT2D eigenvalue weighted by Crippen LogP contribution is 2.19. The van der Waals surface area contributed by atoms with Gasteiger partial charge in [-0.25, -0.2) is 8.78 Å². The molecule has 0 bridgehead atoms. The Balaban J connectivity index is 2.18. The summed E-state index contributed by atoms with van der Waals surface area (Å²) in [6.07, 6.45) is 3.09. The zero-order valence-electron chi connectivity index (χ0n) is 11.1. The molecule has 1 heterocycles. The van der Waals surface area contributed by atoms with Gasteiger partial charge in [-0.05, 0) is 24.3 Å². The summed E-state index contributed by atoms with van der Waals surface area (Å²) in [5.74, 6) is -2.38. The molecule has 2 rings (SSSR count). The molecule has 2 aromatic rings. The van der Waals surface area contributed by atoms with Crippen molar-refractivity contribution in [3.05, 3.63) is 66.5 Å². The third kappa shape index (κ3) is 3.62. The molecule has 0 aliphatic carbocycles.